The first-order valence-corrected chi connectivity index (χ1v) is 10.3. The van der Waals surface area contributed by atoms with Crippen molar-refractivity contribution in [1.29, 1.82) is 0 Å². The molecule has 1 saturated heterocycles. The topological polar surface area (TPSA) is 33.5 Å². The predicted molar refractivity (Wildman–Crippen MR) is 117 cm³/mol. The molecule has 1 fully saturated rings. The standard InChI is InChI=1S/C24H30N4O/c1-19-16-20(2)28(25-19)23-10-6-4-8-21(23)17-26-12-14-27(15-13-26)18-22-9-5-7-11-24(22)29-3/h4-11,16H,12-15,17-18H2,1-3H3. The summed E-state index contributed by atoms with van der Waals surface area (Å²) in [6.45, 7) is 10.3. The van der Waals surface area contributed by atoms with Crippen molar-refractivity contribution in [3.63, 3.8) is 0 Å². The minimum atomic E-state index is 0.945. The second-order valence-electron chi connectivity index (χ2n) is 7.83. The first kappa shape index (κ1) is 19.7. The number of methoxy groups -OCH3 is 1. The largest absolute Gasteiger partial charge is 0.496 e. The molecule has 152 valence electrons. The molecular weight excluding hydrogens is 360 g/mol. The lowest BCUT2D eigenvalue weighted by Crippen LogP contribution is -2.45. The van der Waals surface area contributed by atoms with Gasteiger partial charge >= 0.3 is 0 Å². The van der Waals surface area contributed by atoms with Gasteiger partial charge in [0.1, 0.15) is 5.75 Å². The van der Waals surface area contributed by atoms with Gasteiger partial charge in [-0.2, -0.15) is 5.10 Å². The zero-order valence-corrected chi connectivity index (χ0v) is 17.6. The summed E-state index contributed by atoms with van der Waals surface area (Å²) < 4.78 is 7.58. The summed E-state index contributed by atoms with van der Waals surface area (Å²) in [5, 5.41) is 4.69. The normalized spacial score (nSPS) is 15.6. The fraction of sp³-hybridized carbons (Fsp3) is 0.375. The van der Waals surface area contributed by atoms with E-state index < -0.39 is 0 Å². The van der Waals surface area contributed by atoms with Crippen LogP contribution in [0.25, 0.3) is 5.69 Å². The molecule has 29 heavy (non-hydrogen) atoms. The van der Waals surface area contributed by atoms with Gasteiger partial charge in [0.25, 0.3) is 0 Å². The maximum atomic E-state index is 5.51. The summed E-state index contributed by atoms with van der Waals surface area (Å²) >= 11 is 0. The summed E-state index contributed by atoms with van der Waals surface area (Å²) in [6.07, 6.45) is 0. The van der Waals surface area contributed by atoms with Crippen LogP contribution in [0.5, 0.6) is 5.75 Å². The number of hydrogen-bond acceptors (Lipinski definition) is 4. The molecule has 1 aliphatic heterocycles. The van der Waals surface area contributed by atoms with Crippen LogP contribution in [0.15, 0.2) is 54.6 Å². The van der Waals surface area contributed by atoms with Gasteiger partial charge in [-0.1, -0.05) is 36.4 Å². The van der Waals surface area contributed by atoms with E-state index in [0.717, 1.165) is 50.7 Å². The van der Waals surface area contributed by atoms with E-state index in [1.54, 1.807) is 7.11 Å². The van der Waals surface area contributed by atoms with Crippen LogP contribution in [0.1, 0.15) is 22.5 Å². The molecule has 0 aliphatic carbocycles. The van der Waals surface area contributed by atoms with E-state index in [4.69, 9.17) is 4.74 Å². The van der Waals surface area contributed by atoms with E-state index in [0.29, 0.717) is 0 Å². The molecule has 0 atom stereocenters. The van der Waals surface area contributed by atoms with E-state index in [9.17, 15) is 0 Å². The number of ether oxygens (including phenoxy) is 1. The quantitative estimate of drug-likeness (QED) is 0.641. The molecule has 3 aromatic rings. The summed E-state index contributed by atoms with van der Waals surface area (Å²) in [5.41, 5.74) is 6.02. The number of para-hydroxylation sites is 2. The Bertz CT molecular complexity index is 957. The van der Waals surface area contributed by atoms with Crippen LogP contribution >= 0.6 is 0 Å². The molecule has 2 heterocycles. The van der Waals surface area contributed by atoms with Crippen molar-refractivity contribution >= 4 is 0 Å². The van der Waals surface area contributed by atoms with E-state index in [1.807, 2.05) is 19.1 Å². The molecule has 0 unspecified atom stereocenters. The van der Waals surface area contributed by atoms with E-state index in [-0.39, 0.29) is 0 Å². The summed E-state index contributed by atoms with van der Waals surface area (Å²) in [5.74, 6) is 0.980. The fourth-order valence-electron chi connectivity index (χ4n) is 4.14. The number of benzene rings is 2. The Morgan fingerprint density at radius 1 is 0.828 bits per heavy atom. The van der Waals surface area contributed by atoms with E-state index in [2.05, 4.69) is 69.0 Å². The maximum Gasteiger partial charge on any atom is 0.123 e. The van der Waals surface area contributed by atoms with Crippen LogP contribution in [0.3, 0.4) is 0 Å². The number of aromatic nitrogens is 2. The molecule has 0 radical (unpaired) electrons. The highest BCUT2D eigenvalue weighted by Crippen LogP contribution is 2.22. The minimum absolute atomic E-state index is 0.945. The Balaban J connectivity index is 1.40. The van der Waals surface area contributed by atoms with Crippen LogP contribution in [0, 0.1) is 13.8 Å². The number of aryl methyl sites for hydroxylation is 2. The predicted octanol–water partition coefficient (Wildman–Crippen LogP) is 3.82. The lowest BCUT2D eigenvalue weighted by molar-refractivity contribution is 0.121. The number of rotatable bonds is 6. The molecule has 0 saturated carbocycles. The molecule has 0 amide bonds. The fourth-order valence-corrected chi connectivity index (χ4v) is 4.14. The van der Waals surface area contributed by atoms with Crippen LogP contribution in [0.4, 0.5) is 0 Å². The molecule has 0 bridgehead atoms. The third-order valence-electron chi connectivity index (χ3n) is 5.67. The average molecular weight is 391 g/mol. The van der Waals surface area contributed by atoms with E-state index in [1.165, 1.54) is 22.5 Å². The van der Waals surface area contributed by atoms with Crippen molar-refractivity contribution in [3.05, 3.63) is 77.1 Å². The molecule has 5 heteroatoms. The van der Waals surface area contributed by atoms with Crippen molar-refractivity contribution in [2.75, 3.05) is 33.3 Å². The van der Waals surface area contributed by atoms with Gasteiger partial charge in [0, 0.05) is 50.5 Å². The average Bonchev–Trinajstić information content (AvgIpc) is 3.08. The van der Waals surface area contributed by atoms with Crippen molar-refractivity contribution in [3.8, 4) is 11.4 Å². The molecule has 1 aromatic heterocycles. The van der Waals surface area contributed by atoms with Crippen LogP contribution < -0.4 is 4.74 Å². The monoisotopic (exact) mass is 390 g/mol. The van der Waals surface area contributed by atoms with Crippen molar-refractivity contribution < 1.29 is 4.74 Å². The first-order valence-electron chi connectivity index (χ1n) is 10.3. The van der Waals surface area contributed by atoms with Gasteiger partial charge in [-0.3, -0.25) is 9.80 Å². The van der Waals surface area contributed by atoms with Gasteiger partial charge in [-0.15, -0.1) is 0 Å². The van der Waals surface area contributed by atoms with Gasteiger partial charge in [0.05, 0.1) is 18.5 Å². The van der Waals surface area contributed by atoms with Crippen LogP contribution in [-0.2, 0) is 13.1 Å². The highest BCUT2D eigenvalue weighted by atomic mass is 16.5. The van der Waals surface area contributed by atoms with Gasteiger partial charge in [0.15, 0.2) is 0 Å². The SMILES string of the molecule is COc1ccccc1CN1CCN(Cc2ccccc2-n2nc(C)cc2C)CC1. The first-order chi connectivity index (χ1) is 14.1. The highest BCUT2D eigenvalue weighted by Gasteiger charge is 2.19. The molecule has 4 rings (SSSR count). The number of piperazine rings is 1. The Morgan fingerprint density at radius 3 is 2.03 bits per heavy atom. The zero-order chi connectivity index (χ0) is 20.2. The summed E-state index contributed by atoms with van der Waals surface area (Å²) in [6, 6.07) is 19.1. The van der Waals surface area contributed by atoms with Gasteiger partial charge in [0.2, 0.25) is 0 Å². The molecule has 2 aromatic carbocycles. The van der Waals surface area contributed by atoms with Gasteiger partial charge in [-0.05, 0) is 37.6 Å². The van der Waals surface area contributed by atoms with Crippen molar-refractivity contribution in [2.24, 2.45) is 0 Å². The van der Waals surface area contributed by atoms with Crippen molar-refractivity contribution in [1.82, 2.24) is 19.6 Å². The number of nitrogens with zero attached hydrogens (tertiary/aromatic N) is 4. The second kappa shape index (κ2) is 8.80. The molecular formula is C24H30N4O. The minimum Gasteiger partial charge on any atom is -0.496 e. The third kappa shape index (κ3) is 4.52. The summed E-state index contributed by atoms with van der Waals surface area (Å²) in [7, 11) is 1.75. The third-order valence-corrected chi connectivity index (χ3v) is 5.67. The molecule has 5 nitrogen and oxygen atoms in total. The molecule has 0 N–H and O–H groups in total. The van der Waals surface area contributed by atoms with E-state index >= 15 is 0 Å². The number of hydrogen-bond donors (Lipinski definition) is 0. The Hall–Kier alpha value is -2.63. The highest BCUT2D eigenvalue weighted by molar-refractivity contribution is 5.42. The Morgan fingerprint density at radius 2 is 1.41 bits per heavy atom. The van der Waals surface area contributed by atoms with Crippen LogP contribution in [-0.4, -0.2) is 52.9 Å². The molecule has 0 spiro atoms. The second-order valence-corrected chi connectivity index (χ2v) is 7.83. The zero-order valence-electron chi connectivity index (χ0n) is 17.6. The maximum absolute atomic E-state index is 5.51. The molecule has 1 aliphatic rings. The smallest absolute Gasteiger partial charge is 0.123 e. The lowest BCUT2D eigenvalue weighted by Gasteiger charge is -2.35. The van der Waals surface area contributed by atoms with Gasteiger partial charge < -0.3 is 4.74 Å². The Kier molecular flexibility index (Phi) is 5.97. The Labute approximate surface area is 173 Å². The van der Waals surface area contributed by atoms with Gasteiger partial charge in [-0.25, -0.2) is 4.68 Å². The van der Waals surface area contributed by atoms with Crippen molar-refractivity contribution in [2.45, 2.75) is 26.9 Å². The lowest BCUT2D eigenvalue weighted by atomic mass is 10.1. The van der Waals surface area contributed by atoms with Crippen LogP contribution in [0.2, 0.25) is 0 Å². The summed E-state index contributed by atoms with van der Waals surface area (Å²) in [4.78, 5) is 5.06.